The second kappa shape index (κ2) is 5.48. The Bertz CT molecular complexity index is 635. The smallest absolute Gasteiger partial charge is 0.222 e. The van der Waals surface area contributed by atoms with Gasteiger partial charge in [0, 0.05) is 17.0 Å². The SMILES string of the molecule is COc1cc2c(OC(C)(C)C)nccc2c(Br)c1OC. The Morgan fingerprint density at radius 1 is 1.10 bits per heavy atom. The average molecular weight is 340 g/mol. The van der Waals surface area contributed by atoms with Gasteiger partial charge >= 0.3 is 0 Å². The minimum absolute atomic E-state index is 0.319. The van der Waals surface area contributed by atoms with E-state index in [0.29, 0.717) is 17.4 Å². The minimum atomic E-state index is -0.319. The molecule has 4 nitrogen and oxygen atoms in total. The zero-order valence-electron chi connectivity index (χ0n) is 12.3. The third-order valence-corrected chi connectivity index (χ3v) is 3.50. The summed E-state index contributed by atoms with van der Waals surface area (Å²) in [5, 5.41) is 1.85. The lowest BCUT2D eigenvalue weighted by atomic mass is 10.1. The van der Waals surface area contributed by atoms with E-state index in [4.69, 9.17) is 14.2 Å². The highest BCUT2D eigenvalue weighted by molar-refractivity contribution is 9.10. The first-order valence-electron chi connectivity index (χ1n) is 6.25. The lowest BCUT2D eigenvalue weighted by molar-refractivity contribution is 0.126. The quantitative estimate of drug-likeness (QED) is 0.840. The average Bonchev–Trinajstić information content (AvgIpc) is 2.37. The fraction of sp³-hybridized carbons (Fsp3) is 0.400. The predicted molar refractivity (Wildman–Crippen MR) is 82.9 cm³/mol. The number of pyridine rings is 1. The molecule has 0 amide bonds. The molecule has 0 atom stereocenters. The zero-order valence-corrected chi connectivity index (χ0v) is 13.9. The summed E-state index contributed by atoms with van der Waals surface area (Å²) in [7, 11) is 3.22. The molecule has 0 aliphatic heterocycles. The molecule has 0 fully saturated rings. The fourth-order valence-corrected chi connectivity index (χ4v) is 2.63. The molecule has 0 aliphatic rings. The molecule has 1 heterocycles. The number of methoxy groups -OCH3 is 2. The molecule has 0 saturated carbocycles. The van der Waals surface area contributed by atoms with Crippen LogP contribution in [0.15, 0.2) is 22.8 Å². The number of aromatic nitrogens is 1. The predicted octanol–water partition coefficient (Wildman–Crippen LogP) is 4.19. The Morgan fingerprint density at radius 3 is 2.35 bits per heavy atom. The number of fused-ring (bicyclic) bond motifs is 1. The summed E-state index contributed by atoms with van der Waals surface area (Å²) in [4.78, 5) is 4.32. The molecule has 108 valence electrons. The number of hydrogen-bond donors (Lipinski definition) is 0. The van der Waals surface area contributed by atoms with Gasteiger partial charge in [-0.3, -0.25) is 0 Å². The highest BCUT2D eigenvalue weighted by atomic mass is 79.9. The molecule has 1 aromatic heterocycles. The van der Waals surface area contributed by atoms with E-state index in [0.717, 1.165) is 15.2 Å². The van der Waals surface area contributed by atoms with Gasteiger partial charge in [0.25, 0.3) is 0 Å². The summed E-state index contributed by atoms with van der Waals surface area (Å²) in [6.07, 6.45) is 1.72. The minimum Gasteiger partial charge on any atom is -0.493 e. The Labute approximate surface area is 127 Å². The second-order valence-electron chi connectivity index (χ2n) is 5.35. The molecule has 0 saturated heterocycles. The van der Waals surface area contributed by atoms with Gasteiger partial charge in [-0.25, -0.2) is 4.98 Å². The van der Waals surface area contributed by atoms with Crippen LogP contribution in [0, 0.1) is 0 Å². The maximum Gasteiger partial charge on any atom is 0.222 e. The third-order valence-electron chi connectivity index (χ3n) is 2.72. The van der Waals surface area contributed by atoms with Crippen molar-refractivity contribution in [2.24, 2.45) is 0 Å². The first kappa shape index (κ1) is 14.9. The van der Waals surface area contributed by atoms with Gasteiger partial charge < -0.3 is 14.2 Å². The van der Waals surface area contributed by atoms with E-state index in [-0.39, 0.29) is 5.60 Å². The van der Waals surface area contributed by atoms with Gasteiger partial charge in [0.15, 0.2) is 11.5 Å². The lowest BCUT2D eigenvalue weighted by Gasteiger charge is -2.22. The van der Waals surface area contributed by atoms with Gasteiger partial charge in [0.2, 0.25) is 5.88 Å². The second-order valence-corrected chi connectivity index (χ2v) is 6.14. The van der Waals surface area contributed by atoms with Crippen LogP contribution in [0.3, 0.4) is 0 Å². The normalized spacial score (nSPS) is 11.5. The maximum atomic E-state index is 5.91. The molecule has 0 bridgehead atoms. The van der Waals surface area contributed by atoms with Crippen molar-refractivity contribution in [1.82, 2.24) is 4.98 Å². The van der Waals surface area contributed by atoms with Crippen LogP contribution in [0.1, 0.15) is 20.8 Å². The van der Waals surface area contributed by atoms with Gasteiger partial charge in [-0.15, -0.1) is 0 Å². The maximum absolute atomic E-state index is 5.91. The molecule has 2 aromatic rings. The number of hydrogen-bond acceptors (Lipinski definition) is 4. The van der Waals surface area contributed by atoms with Crippen LogP contribution < -0.4 is 14.2 Å². The molecule has 5 heteroatoms. The van der Waals surface area contributed by atoms with E-state index >= 15 is 0 Å². The van der Waals surface area contributed by atoms with Crippen LogP contribution in [0.2, 0.25) is 0 Å². The van der Waals surface area contributed by atoms with Crippen LogP contribution >= 0.6 is 15.9 Å². The van der Waals surface area contributed by atoms with E-state index in [2.05, 4.69) is 20.9 Å². The van der Waals surface area contributed by atoms with Gasteiger partial charge in [-0.1, -0.05) is 0 Å². The van der Waals surface area contributed by atoms with E-state index in [9.17, 15) is 0 Å². The van der Waals surface area contributed by atoms with Crippen LogP contribution in [-0.2, 0) is 0 Å². The molecular weight excluding hydrogens is 322 g/mol. The molecule has 0 N–H and O–H groups in total. The topological polar surface area (TPSA) is 40.6 Å². The monoisotopic (exact) mass is 339 g/mol. The van der Waals surface area contributed by atoms with E-state index < -0.39 is 0 Å². The van der Waals surface area contributed by atoms with Crippen molar-refractivity contribution >= 4 is 26.7 Å². The van der Waals surface area contributed by atoms with E-state index in [1.807, 2.05) is 32.9 Å². The molecule has 0 spiro atoms. The van der Waals surface area contributed by atoms with Gasteiger partial charge in [0.05, 0.1) is 18.7 Å². The van der Waals surface area contributed by atoms with E-state index in [1.54, 1.807) is 20.4 Å². The summed E-state index contributed by atoms with van der Waals surface area (Å²) in [6, 6.07) is 3.80. The fourth-order valence-electron chi connectivity index (χ4n) is 1.93. The summed E-state index contributed by atoms with van der Waals surface area (Å²) in [5.41, 5.74) is -0.319. The van der Waals surface area contributed by atoms with Crippen LogP contribution in [0.4, 0.5) is 0 Å². The Morgan fingerprint density at radius 2 is 1.80 bits per heavy atom. The van der Waals surface area contributed by atoms with Gasteiger partial charge in [-0.05, 0) is 48.8 Å². The summed E-state index contributed by atoms with van der Waals surface area (Å²) >= 11 is 3.56. The first-order valence-corrected chi connectivity index (χ1v) is 7.05. The summed E-state index contributed by atoms with van der Waals surface area (Å²) < 4.78 is 17.5. The first-order chi connectivity index (χ1) is 9.37. The Balaban J connectivity index is 2.72. The highest BCUT2D eigenvalue weighted by Gasteiger charge is 2.19. The molecule has 1 aromatic carbocycles. The Kier molecular flexibility index (Phi) is 4.09. The standard InChI is InChI=1S/C15H18BrNO3/c1-15(2,3)20-14-10-8-11(18-4)13(19-5)12(16)9(10)6-7-17-14/h6-8H,1-5H3. The molecular formula is C15H18BrNO3. The Hall–Kier alpha value is -1.49. The van der Waals surface area contributed by atoms with E-state index in [1.165, 1.54) is 0 Å². The van der Waals surface area contributed by atoms with Crippen molar-refractivity contribution in [1.29, 1.82) is 0 Å². The molecule has 0 unspecified atom stereocenters. The lowest BCUT2D eigenvalue weighted by Crippen LogP contribution is -2.23. The molecule has 20 heavy (non-hydrogen) atoms. The van der Waals surface area contributed by atoms with Crippen molar-refractivity contribution < 1.29 is 14.2 Å². The van der Waals surface area contributed by atoms with Gasteiger partial charge in [-0.2, -0.15) is 0 Å². The van der Waals surface area contributed by atoms with Crippen molar-refractivity contribution in [3.05, 3.63) is 22.8 Å². The molecule has 0 radical (unpaired) electrons. The van der Waals surface area contributed by atoms with Crippen molar-refractivity contribution in [2.45, 2.75) is 26.4 Å². The number of rotatable bonds is 3. The number of halogens is 1. The van der Waals surface area contributed by atoms with Crippen molar-refractivity contribution in [3.8, 4) is 17.4 Å². The van der Waals surface area contributed by atoms with Crippen LogP contribution in [-0.4, -0.2) is 24.8 Å². The van der Waals surface area contributed by atoms with Gasteiger partial charge in [0.1, 0.15) is 5.60 Å². The molecule has 2 rings (SSSR count). The van der Waals surface area contributed by atoms with Crippen molar-refractivity contribution in [2.75, 3.05) is 14.2 Å². The third kappa shape index (κ3) is 2.82. The summed E-state index contributed by atoms with van der Waals surface area (Å²) in [5.74, 6) is 1.88. The number of nitrogens with zero attached hydrogens (tertiary/aromatic N) is 1. The summed E-state index contributed by atoms with van der Waals surface area (Å²) in [6.45, 7) is 5.97. The number of ether oxygens (including phenoxy) is 3. The van der Waals surface area contributed by atoms with Crippen LogP contribution in [0.5, 0.6) is 17.4 Å². The molecule has 0 aliphatic carbocycles. The zero-order chi connectivity index (χ0) is 14.9. The van der Waals surface area contributed by atoms with Crippen LogP contribution in [0.25, 0.3) is 10.8 Å². The largest absolute Gasteiger partial charge is 0.493 e. The highest BCUT2D eigenvalue weighted by Crippen LogP contribution is 2.43. The number of benzene rings is 1. The van der Waals surface area contributed by atoms with Crippen molar-refractivity contribution in [3.63, 3.8) is 0 Å².